The highest BCUT2D eigenvalue weighted by Crippen LogP contribution is 2.29. The van der Waals surface area contributed by atoms with E-state index in [4.69, 9.17) is 4.52 Å². The average Bonchev–Trinajstić information content (AvgIpc) is 3.00. The number of hydrogen-bond acceptors (Lipinski definition) is 6. The number of rotatable bonds is 4. The molecule has 0 aliphatic rings. The van der Waals surface area contributed by atoms with Gasteiger partial charge >= 0.3 is 6.18 Å². The summed E-state index contributed by atoms with van der Waals surface area (Å²) in [4.78, 5) is 20.1. The van der Waals surface area contributed by atoms with Crippen LogP contribution in [0.5, 0.6) is 0 Å². The zero-order valence-electron chi connectivity index (χ0n) is 13.3. The van der Waals surface area contributed by atoms with E-state index in [2.05, 4.69) is 25.8 Å². The summed E-state index contributed by atoms with van der Waals surface area (Å²) >= 11 is 0. The Morgan fingerprint density at radius 1 is 1.12 bits per heavy atom. The van der Waals surface area contributed by atoms with Crippen molar-refractivity contribution in [2.75, 3.05) is 10.6 Å². The van der Waals surface area contributed by atoms with E-state index in [-0.39, 0.29) is 17.2 Å². The number of amides is 1. The van der Waals surface area contributed by atoms with Gasteiger partial charge in [-0.2, -0.15) is 13.2 Å². The second kappa shape index (κ2) is 6.82. The number of halogens is 3. The van der Waals surface area contributed by atoms with Gasteiger partial charge in [-0.25, -0.2) is 9.97 Å². The number of nitrogens with zero attached hydrogens (tertiary/aromatic N) is 3. The number of carbonyl (C=O) groups is 1. The van der Waals surface area contributed by atoms with Crippen LogP contribution in [-0.2, 0) is 6.18 Å². The maximum atomic E-state index is 12.5. The molecule has 0 aliphatic carbocycles. The molecule has 2 heterocycles. The normalized spacial score (nSPS) is 11.2. The molecule has 0 radical (unpaired) electrons. The molecular formula is C16H12F3N5O2. The lowest BCUT2D eigenvalue weighted by Crippen LogP contribution is -2.13. The van der Waals surface area contributed by atoms with E-state index in [0.29, 0.717) is 11.6 Å². The summed E-state index contributed by atoms with van der Waals surface area (Å²) in [5.41, 5.74) is -0.424. The standard InChI is InChI=1S/C16H12F3N5O2/c1-9-6-13(24-26-9)23-15-20-7-10(8-21-15)14(25)22-12-4-2-11(3-5-12)16(17,18)19/h2-8H,1H3,(H,22,25)(H,20,21,23,24). The van der Waals surface area contributed by atoms with Gasteiger partial charge in [0, 0.05) is 24.1 Å². The summed E-state index contributed by atoms with van der Waals surface area (Å²) in [6.07, 6.45) is -1.87. The largest absolute Gasteiger partial charge is 0.416 e. The zero-order chi connectivity index (χ0) is 18.7. The van der Waals surface area contributed by atoms with Crippen molar-refractivity contribution in [1.29, 1.82) is 0 Å². The Hall–Kier alpha value is -3.43. The smallest absolute Gasteiger partial charge is 0.360 e. The molecule has 0 bridgehead atoms. The van der Waals surface area contributed by atoms with Gasteiger partial charge < -0.3 is 15.2 Å². The lowest BCUT2D eigenvalue weighted by molar-refractivity contribution is -0.137. The molecule has 0 saturated carbocycles. The first-order chi connectivity index (χ1) is 12.3. The number of aromatic nitrogens is 3. The molecule has 134 valence electrons. The number of nitrogens with one attached hydrogen (secondary N) is 2. The summed E-state index contributed by atoms with van der Waals surface area (Å²) < 4.78 is 42.5. The first-order valence-corrected chi connectivity index (χ1v) is 7.32. The number of aryl methyl sites for hydroxylation is 1. The highest BCUT2D eigenvalue weighted by atomic mass is 19.4. The lowest BCUT2D eigenvalue weighted by Gasteiger charge is -2.09. The van der Waals surface area contributed by atoms with Crippen molar-refractivity contribution in [1.82, 2.24) is 15.1 Å². The molecule has 0 saturated heterocycles. The van der Waals surface area contributed by atoms with Crippen LogP contribution < -0.4 is 10.6 Å². The van der Waals surface area contributed by atoms with Crippen LogP contribution in [0.3, 0.4) is 0 Å². The van der Waals surface area contributed by atoms with Crippen molar-refractivity contribution in [3.8, 4) is 0 Å². The van der Waals surface area contributed by atoms with Crippen molar-refractivity contribution in [3.63, 3.8) is 0 Å². The van der Waals surface area contributed by atoms with Crippen LogP contribution in [0.2, 0.25) is 0 Å². The van der Waals surface area contributed by atoms with E-state index < -0.39 is 17.6 Å². The predicted octanol–water partition coefficient (Wildman–Crippen LogP) is 3.79. The summed E-state index contributed by atoms with van der Waals surface area (Å²) in [6, 6.07) is 5.77. The van der Waals surface area contributed by atoms with Crippen molar-refractivity contribution >= 4 is 23.4 Å². The molecule has 0 unspecified atom stereocenters. The van der Waals surface area contributed by atoms with E-state index in [1.807, 2.05) is 0 Å². The molecule has 7 nitrogen and oxygen atoms in total. The maximum absolute atomic E-state index is 12.5. The average molecular weight is 363 g/mol. The fourth-order valence-corrected chi connectivity index (χ4v) is 2.00. The Morgan fingerprint density at radius 2 is 1.77 bits per heavy atom. The van der Waals surface area contributed by atoms with Gasteiger partial charge in [0.25, 0.3) is 5.91 Å². The number of hydrogen-bond donors (Lipinski definition) is 2. The van der Waals surface area contributed by atoms with E-state index in [0.717, 1.165) is 12.1 Å². The van der Waals surface area contributed by atoms with E-state index in [1.54, 1.807) is 13.0 Å². The Balaban J connectivity index is 1.64. The summed E-state index contributed by atoms with van der Waals surface area (Å²) in [7, 11) is 0. The molecule has 3 rings (SSSR count). The van der Waals surface area contributed by atoms with Crippen LogP contribution in [0.4, 0.5) is 30.6 Å². The van der Waals surface area contributed by atoms with Gasteiger partial charge in [-0.15, -0.1) is 0 Å². The van der Waals surface area contributed by atoms with Crippen LogP contribution >= 0.6 is 0 Å². The Kier molecular flexibility index (Phi) is 4.57. The van der Waals surface area contributed by atoms with E-state index >= 15 is 0 Å². The van der Waals surface area contributed by atoms with E-state index in [1.165, 1.54) is 24.5 Å². The van der Waals surface area contributed by atoms with Crippen LogP contribution in [0.1, 0.15) is 21.7 Å². The third kappa shape index (κ3) is 4.15. The third-order valence-corrected chi connectivity index (χ3v) is 3.25. The molecule has 2 N–H and O–H groups in total. The quantitative estimate of drug-likeness (QED) is 0.733. The number of anilines is 3. The molecule has 0 atom stereocenters. The van der Waals surface area contributed by atoms with Crippen molar-refractivity contribution < 1.29 is 22.5 Å². The van der Waals surface area contributed by atoms with Gasteiger partial charge in [0.05, 0.1) is 11.1 Å². The number of alkyl halides is 3. The fourth-order valence-electron chi connectivity index (χ4n) is 2.00. The number of carbonyl (C=O) groups excluding carboxylic acids is 1. The van der Waals surface area contributed by atoms with Crippen LogP contribution in [0.15, 0.2) is 47.2 Å². The molecular weight excluding hydrogens is 351 g/mol. The first-order valence-electron chi connectivity index (χ1n) is 7.32. The number of benzene rings is 1. The van der Waals surface area contributed by atoms with Gasteiger partial charge in [-0.1, -0.05) is 5.16 Å². The SMILES string of the molecule is Cc1cc(Nc2ncc(C(=O)Nc3ccc(C(F)(F)F)cc3)cn2)no1. The molecule has 0 spiro atoms. The van der Waals surface area contributed by atoms with Crippen LogP contribution in [-0.4, -0.2) is 21.0 Å². The molecule has 1 amide bonds. The second-order valence-electron chi connectivity index (χ2n) is 5.27. The highest BCUT2D eigenvalue weighted by Gasteiger charge is 2.30. The van der Waals surface area contributed by atoms with Gasteiger partial charge in [0.1, 0.15) is 5.76 Å². The molecule has 3 aromatic rings. The van der Waals surface area contributed by atoms with Crippen molar-refractivity contribution in [3.05, 3.63) is 59.6 Å². The topological polar surface area (TPSA) is 92.9 Å². The molecule has 0 aliphatic heterocycles. The van der Waals surface area contributed by atoms with E-state index in [9.17, 15) is 18.0 Å². The molecule has 0 fully saturated rings. The molecule has 10 heteroatoms. The van der Waals surface area contributed by atoms with Crippen molar-refractivity contribution in [2.45, 2.75) is 13.1 Å². The first kappa shape index (κ1) is 17.4. The minimum atomic E-state index is -4.43. The van der Waals surface area contributed by atoms with Crippen LogP contribution in [0, 0.1) is 6.92 Å². The minimum Gasteiger partial charge on any atom is -0.360 e. The van der Waals surface area contributed by atoms with Gasteiger partial charge in [0.15, 0.2) is 5.82 Å². The summed E-state index contributed by atoms with van der Waals surface area (Å²) in [5.74, 6) is 0.697. The molecule has 26 heavy (non-hydrogen) atoms. The second-order valence-corrected chi connectivity index (χ2v) is 5.27. The lowest BCUT2D eigenvalue weighted by atomic mass is 10.2. The molecule has 1 aromatic carbocycles. The summed E-state index contributed by atoms with van der Waals surface area (Å²) in [5, 5.41) is 8.99. The minimum absolute atomic E-state index is 0.145. The van der Waals surface area contributed by atoms with Gasteiger partial charge in [-0.05, 0) is 31.2 Å². The van der Waals surface area contributed by atoms with Gasteiger partial charge in [0.2, 0.25) is 5.95 Å². The Morgan fingerprint density at radius 3 is 2.31 bits per heavy atom. The maximum Gasteiger partial charge on any atom is 0.416 e. The molecule has 2 aromatic heterocycles. The third-order valence-electron chi connectivity index (χ3n) is 3.25. The Labute approximate surface area is 145 Å². The fraction of sp³-hybridized carbons (Fsp3) is 0.125. The predicted molar refractivity (Wildman–Crippen MR) is 86.0 cm³/mol. The zero-order valence-corrected chi connectivity index (χ0v) is 13.3. The van der Waals surface area contributed by atoms with Gasteiger partial charge in [-0.3, -0.25) is 4.79 Å². The highest BCUT2D eigenvalue weighted by molar-refractivity contribution is 6.03. The monoisotopic (exact) mass is 363 g/mol. The van der Waals surface area contributed by atoms with Crippen LogP contribution in [0.25, 0.3) is 0 Å². The Bertz CT molecular complexity index is 905. The van der Waals surface area contributed by atoms with Crippen molar-refractivity contribution in [2.24, 2.45) is 0 Å². The summed E-state index contributed by atoms with van der Waals surface area (Å²) in [6.45, 7) is 1.73.